The van der Waals surface area contributed by atoms with Crippen LogP contribution in [-0.2, 0) is 6.42 Å². The monoisotopic (exact) mass is 502 g/mol. The van der Waals surface area contributed by atoms with E-state index in [1.165, 1.54) is 0 Å². The summed E-state index contributed by atoms with van der Waals surface area (Å²) in [6, 6.07) is 37.1. The Kier molecular flexibility index (Phi) is 4.85. The Balaban J connectivity index is 1.07. The fourth-order valence-electron chi connectivity index (χ4n) is 5.51. The molecule has 8 rings (SSSR count). The molecule has 0 radical (unpaired) electrons. The van der Waals surface area contributed by atoms with Crippen LogP contribution in [0.4, 0.5) is 0 Å². The van der Waals surface area contributed by atoms with Gasteiger partial charge in [0, 0.05) is 51.5 Å². The van der Waals surface area contributed by atoms with Crippen LogP contribution in [-0.4, -0.2) is 9.97 Å². The highest BCUT2D eigenvalue weighted by Crippen LogP contribution is 2.36. The summed E-state index contributed by atoms with van der Waals surface area (Å²) < 4.78 is 12.4. The minimum absolute atomic E-state index is 0.754. The molecule has 4 aromatic heterocycles. The van der Waals surface area contributed by atoms with Crippen LogP contribution in [0.25, 0.3) is 66.4 Å². The predicted octanol–water partition coefficient (Wildman–Crippen LogP) is 9.20. The first-order valence-electron chi connectivity index (χ1n) is 13.0. The predicted molar refractivity (Wildman–Crippen MR) is 157 cm³/mol. The van der Waals surface area contributed by atoms with Crippen molar-refractivity contribution in [3.05, 3.63) is 133 Å². The lowest BCUT2D eigenvalue weighted by Crippen LogP contribution is -1.93. The second-order valence-corrected chi connectivity index (χ2v) is 9.84. The Bertz CT molecular complexity index is 1980. The Morgan fingerprint density at radius 1 is 0.436 bits per heavy atom. The summed E-state index contributed by atoms with van der Waals surface area (Å²) >= 11 is 0. The van der Waals surface area contributed by atoms with Gasteiger partial charge in [-0.1, -0.05) is 72.8 Å². The molecular formula is C35H22N2O2. The molecule has 8 aromatic rings. The third-order valence-electron chi connectivity index (χ3n) is 7.42. The summed E-state index contributed by atoms with van der Waals surface area (Å²) in [5.41, 5.74) is 9.59. The SMILES string of the molecule is c1ccc2c(c1)oc1c(-c3ccc(Cc4ccc(-c5cccc6c5oc5ccccc56)nc4)cn3)cccc12. The van der Waals surface area contributed by atoms with E-state index in [0.29, 0.717) is 0 Å². The van der Waals surface area contributed by atoms with E-state index in [1.54, 1.807) is 0 Å². The van der Waals surface area contributed by atoms with Crippen molar-refractivity contribution in [3.8, 4) is 22.5 Å². The molecule has 0 atom stereocenters. The number of rotatable bonds is 4. The number of para-hydroxylation sites is 4. The number of furan rings is 2. The van der Waals surface area contributed by atoms with Gasteiger partial charge in [0.25, 0.3) is 0 Å². The number of hydrogen-bond acceptors (Lipinski definition) is 4. The smallest absolute Gasteiger partial charge is 0.144 e. The quantitative estimate of drug-likeness (QED) is 0.241. The number of hydrogen-bond donors (Lipinski definition) is 0. The lowest BCUT2D eigenvalue weighted by Gasteiger charge is -2.06. The summed E-state index contributed by atoms with van der Waals surface area (Å²) in [7, 11) is 0. The standard InChI is InChI=1S/C35H22N2O2/c1-3-13-32-24(7-1)26-9-5-11-28(34(26)38-32)30-17-15-22(20-36-30)19-23-16-18-31(37-21-23)29-12-6-10-27-25-8-2-4-14-33(25)39-35(27)29/h1-18,20-21H,19H2. The van der Waals surface area contributed by atoms with Crippen LogP contribution < -0.4 is 0 Å². The molecule has 4 heterocycles. The van der Waals surface area contributed by atoms with E-state index in [0.717, 1.165) is 83.9 Å². The van der Waals surface area contributed by atoms with Crippen molar-refractivity contribution in [2.24, 2.45) is 0 Å². The topological polar surface area (TPSA) is 52.1 Å². The van der Waals surface area contributed by atoms with Crippen molar-refractivity contribution < 1.29 is 8.83 Å². The van der Waals surface area contributed by atoms with Gasteiger partial charge in [-0.05, 0) is 47.5 Å². The Morgan fingerprint density at radius 3 is 1.36 bits per heavy atom. The van der Waals surface area contributed by atoms with Gasteiger partial charge in [-0.25, -0.2) is 0 Å². The fraction of sp³-hybridized carbons (Fsp3) is 0.0286. The molecule has 4 heteroatoms. The van der Waals surface area contributed by atoms with Crippen LogP contribution in [0, 0.1) is 0 Å². The molecule has 0 aliphatic heterocycles. The molecule has 0 saturated heterocycles. The van der Waals surface area contributed by atoms with E-state index in [4.69, 9.17) is 18.8 Å². The normalized spacial score (nSPS) is 11.7. The Morgan fingerprint density at radius 2 is 0.897 bits per heavy atom. The third kappa shape index (κ3) is 3.61. The highest BCUT2D eigenvalue weighted by atomic mass is 16.3. The fourth-order valence-corrected chi connectivity index (χ4v) is 5.51. The van der Waals surface area contributed by atoms with Crippen LogP contribution in [0.3, 0.4) is 0 Å². The van der Waals surface area contributed by atoms with Crippen LogP contribution in [0.1, 0.15) is 11.1 Å². The van der Waals surface area contributed by atoms with E-state index in [-0.39, 0.29) is 0 Å². The van der Waals surface area contributed by atoms with Crippen LogP contribution in [0.2, 0.25) is 0 Å². The second-order valence-electron chi connectivity index (χ2n) is 9.84. The van der Waals surface area contributed by atoms with E-state index in [9.17, 15) is 0 Å². The molecule has 0 bridgehead atoms. The van der Waals surface area contributed by atoms with Crippen molar-refractivity contribution in [2.45, 2.75) is 6.42 Å². The molecule has 0 aliphatic carbocycles. The van der Waals surface area contributed by atoms with Gasteiger partial charge in [-0.2, -0.15) is 0 Å². The minimum Gasteiger partial charge on any atom is -0.455 e. The number of nitrogens with zero attached hydrogens (tertiary/aromatic N) is 2. The first kappa shape index (κ1) is 21.8. The zero-order valence-corrected chi connectivity index (χ0v) is 21.0. The van der Waals surface area contributed by atoms with Crippen molar-refractivity contribution in [1.82, 2.24) is 9.97 Å². The van der Waals surface area contributed by atoms with E-state index >= 15 is 0 Å². The second kappa shape index (κ2) is 8.67. The van der Waals surface area contributed by atoms with E-state index < -0.39 is 0 Å². The molecule has 0 saturated carbocycles. The van der Waals surface area contributed by atoms with E-state index in [2.05, 4.69) is 72.8 Å². The number of aromatic nitrogens is 2. The third-order valence-corrected chi connectivity index (χ3v) is 7.42. The summed E-state index contributed by atoms with van der Waals surface area (Å²) in [5, 5.41) is 4.47. The average Bonchev–Trinajstić information content (AvgIpc) is 3.57. The minimum atomic E-state index is 0.754. The molecule has 4 aromatic carbocycles. The molecule has 184 valence electrons. The lowest BCUT2D eigenvalue weighted by atomic mass is 10.0. The highest BCUT2D eigenvalue weighted by Gasteiger charge is 2.14. The van der Waals surface area contributed by atoms with Gasteiger partial charge in [0.15, 0.2) is 0 Å². The van der Waals surface area contributed by atoms with Crippen molar-refractivity contribution >= 4 is 43.9 Å². The maximum atomic E-state index is 6.20. The van der Waals surface area contributed by atoms with Gasteiger partial charge in [0.1, 0.15) is 22.3 Å². The molecule has 4 nitrogen and oxygen atoms in total. The molecule has 0 unspecified atom stereocenters. The highest BCUT2D eigenvalue weighted by molar-refractivity contribution is 6.10. The molecule has 0 spiro atoms. The Hall–Kier alpha value is -5.22. The first-order chi connectivity index (χ1) is 19.3. The summed E-state index contributed by atoms with van der Waals surface area (Å²) in [6.07, 6.45) is 4.64. The molecule has 0 fully saturated rings. The number of fused-ring (bicyclic) bond motifs is 6. The van der Waals surface area contributed by atoms with Crippen molar-refractivity contribution in [1.29, 1.82) is 0 Å². The first-order valence-corrected chi connectivity index (χ1v) is 13.0. The van der Waals surface area contributed by atoms with Crippen LogP contribution in [0.15, 0.2) is 130 Å². The summed E-state index contributed by atoms with van der Waals surface area (Å²) in [4.78, 5) is 9.59. The molecule has 0 amide bonds. The number of pyridine rings is 2. The molecule has 0 N–H and O–H groups in total. The maximum absolute atomic E-state index is 6.20. The molecule has 39 heavy (non-hydrogen) atoms. The van der Waals surface area contributed by atoms with Crippen molar-refractivity contribution in [2.75, 3.05) is 0 Å². The maximum Gasteiger partial charge on any atom is 0.144 e. The van der Waals surface area contributed by atoms with E-state index in [1.807, 2.05) is 48.8 Å². The van der Waals surface area contributed by atoms with Crippen molar-refractivity contribution in [3.63, 3.8) is 0 Å². The van der Waals surface area contributed by atoms with Gasteiger partial charge in [-0.15, -0.1) is 0 Å². The molecule has 0 aliphatic rings. The zero-order valence-electron chi connectivity index (χ0n) is 21.0. The van der Waals surface area contributed by atoms with Gasteiger partial charge in [0.05, 0.1) is 11.4 Å². The average molecular weight is 503 g/mol. The lowest BCUT2D eigenvalue weighted by molar-refractivity contribution is 0.669. The van der Waals surface area contributed by atoms with Crippen LogP contribution in [0.5, 0.6) is 0 Å². The molecular weight excluding hydrogens is 480 g/mol. The summed E-state index contributed by atoms with van der Waals surface area (Å²) in [6.45, 7) is 0. The van der Waals surface area contributed by atoms with Gasteiger partial charge < -0.3 is 8.83 Å². The Labute approximate surface area is 224 Å². The van der Waals surface area contributed by atoms with Gasteiger partial charge >= 0.3 is 0 Å². The van der Waals surface area contributed by atoms with Gasteiger partial charge in [0.2, 0.25) is 0 Å². The number of benzene rings is 4. The van der Waals surface area contributed by atoms with Gasteiger partial charge in [-0.3, -0.25) is 9.97 Å². The zero-order chi connectivity index (χ0) is 25.8. The summed E-state index contributed by atoms with van der Waals surface area (Å²) in [5.74, 6) is 0. The largest absolute Gasteiger partial charge is 0.455 e. The van der Waals surface area contributed by atoms with Crippen LogP contribution >= 0.6 is 0 Å².